The van der Waals surface area contributed by atoms with Gasteiger partial charge in [-0.05, 0) is 30.5 Å². The van der Waals surface area contributed by atoms with Gasteiger partial charge in [-0.25, -0.2) is 4.39 Å². The molecule has 1 saturated heterocycles. The first-order chi connectivity index (χ1) is 8.11. The normalized spacial score (nSPS) is 23.6. The Balaban J connectivity index is 2.14. The number of rotatable bonds is 3. The summed E-state index contributed by atoms with van der Waals surface area (Å²) < 4.78 is 18.3. The lowest BCUT2D eigenvalue weighted by atomic mass is 10.0. The number of nitrogens with one attached hydrogen (secondary N) is 1. The molecule has 0 spiro atoms. The van der Waals surface area contributed by atoms with Crippen LogP contribution in [0.1, 0.15) is 24.4 Å². The van der Waals surface area contributed by atoms with Gasteiger partial charge in [0.25, 0.3) is 0 Å². The summed E-state index contributed by atoms with van der Waals surface area (Å²) in [6.45, 7) is 0. The van der Waals surface area contributed by atoms with Crippen LogP contribution in [0, 0.1) is 5.82 Å². The molecule has 2 N–H and O–H groups in total. The van der Waals surface area contributed by atoms with Crippen LogP contribution in [-0.4, -0.2) is 24.2 Å². The molecule has 0 aromatic heterocycles. The first-order valence-corrected chi connectivity index (χ1v) is 5.44. The van der Waals surface area contributed by atoms with Crippen molar-refractivity contribution in [1.29, 1.82) is 0 Å². The average Bonchev–Trinajstić information content (AvgIpc) is 2.78. The predicted octanol–water partition coefficient (Wildman–Crippen LogP) is 1.71. The van der Waals surface area contributed by atoms with Crippen LogP contribution in [0.5, 0.6) is 5.75 Å². The third-order valence-electron chi connectivity index (χ3n) is 3.02. The highest BCUT2D eigenvalue weighted by atomic mass is 19.1. The molecule has 1 fully saturated rings. The van der Waals surface area contributed by atoms with Gasteiger partial charge in [-0.2, -0.15) is 0 Å². The fourth-order valence-electron chi connectivity index (χ4n) is 2.10. The number of hydrogen-bond acceptors (Lipinski definition) is 3. The highest BCUT2D eigenvalue weighted by Crippen LogP contribution is 2.29. The maximum absolute atomic E-state index is 13.5. The van der Waals surface area contributed by atoms with E-state index in [9.17, 15) is 9.18 Å². The minimum absolute atomic E-state index is 0.100. The van der Waals surface area contributed by atoms with Gasteiger partial charge in [0, 0.05) is 6.04 Å². The largest absolute Gasteiger partial charge is 0.494 e. The number of carboxylic acid groups (broad SMARTS) is 1. The van der Waals surface area contributed by atoms with Gasteiger partial charge in [0.1, 0.15) is 6.04 Å². The zero-order valence-corrected chi connectivity index (χ0v) is 9.44. The van der Waals surface area contributed by atoms with Crippen molar-refractivity contribution in [2.45, 2.75) is 24.9 Å². The summed E-state index contributed by atoms with van der Waals surface area (Å²) in [5.74, 6) is -1.09. The molecule has 1 aliphatic heterocycles. The monoisotopic (exact) mass is 239 g/mol. The van der Waals surface area contributed by atoms with Crippen LogP contribution in [0.4, 0.5) is 4.39 Å². The third-order valence-corrected chi connectivity index (χ3v) is 3.02. The van der Waals surface area contributed by atoms with Crippen molar-refractivity contribution in [2.75, 3.05) is 7.11 Å². The van der Waals surface area contributed by atoms with Crippen LogP contribution >= 0.6 is 0 Å². The smallest absolute Gasteiger partial charge is 0.320 e. The van der Waals surface area contributed by atoms with Crippen LogP contribution in [0.2, 0.25) is 0 Å². The quantitative estimate of drug-likeness (QED) is 0.843. The van der Waals surface area contributed by atoms with E-state index in [-0.39, 0.29) is 11.8 Å². The molecular weight excluding hydrogens is 225 g/mol. The van der Waals surface area contributed by atoms with Crippen LogP contribution in [0.15, 0.2) is 18.2 Å². The van der Waals surface area contributed by atoms with Crippen LogP contribution in [0.3, 0.4) is 0 Å². The van der Waals surface area contributed by atoms with Crippen molar-refractivity contribution in [2.24, 2.45) is 0 Å². The van der Waals surface area contributed by atoms with E-state index in [1.54, 1.807) is 12.1 Å². The molecule has 2 rings (SSSR count). The average molecular weight is 239 g/mol. The highest BCUT2D eigenvalue weighted by molar-refractivity contribution is 5.73. The Kier molecular flexibility index (Phi) is 3.28. The molecule has 1 aromatic carbocycles. The number of benzene rings is 1. The van der Waals surface area contributed by atoms with Crippen molar-refractivity contribution < 1.29 is 19.0 Å². The molecule has 1 aliphatic rings. The van der Waals surface area contributed by atoms with Crippen LogP contribution in [0.25, 0.3) is 0 Å². The minimum Gasteiger partial charge on any atom is -0.494 e. The van der Waals surface area contributed by atoms with E-state index < -0.39 is 17.8 Å². The van der Waals surface area contributed by atoms with Gasteiger partial charge in [0.15, 0.2) is 11.6 Å². The lowest BCUT2D eigenvalue weighted by Crippen LogP contribution is -2.31. The lowest BCUT2D eigenvalue weighted by Gasteiger charge is -2.13. The minimum atomic E-state index is -0.860. The predicted molar refractivity (Wildman–Crippen MR) is 59.5 cm³/mol. The first-order valence-electron chi connectivity index (χ1n) is 5.44. The van der Waals surface area contributed by atoms with Gasteiger partial charge >= 0.3 is 5.97 Å². The van der Waals surface area contributed by atoms with E-state index in [1.807, 2.05) is 0 Å². The van der Waals surface area contributed by atoms with Gasteiger partial charge < -0.3 is 9.84 Å². The summed E-state index contributed by atoms with van der Waals surface area (Å²) in [6.07, 6.45) is 1.26. The molecule has 4 nitrogen and oxygen atoms in total. The van der Waals surface area contributed by atoms with E-state index in [1.165, 1.54) is 13.2 Å². The molecule has 1 heterocycles. The van der Waals surface area contributed by atoms with Crippen LogP contribution < -0.4 is 10.1 Å². The molecule has 0 bridgehead atoms. The number of halogens is 1. The van der Waals surface area contributed by atoms with Gasteiger partial charge in [-0.3, -0.25) is 10.1 Å². The number of aliphatic carboxylic acids is 1. The fraction of sp³-hybridized carbons (Fsp3) is 0.417. The molecule has 92 valence electrons. The maximum Gasteiger partial charge on any atom is 0.320 e. The van der Waals surface area contributed by atoms with E-state index >= 15 is 0 Å². The van der Waals surface area contributed by atoms with Crippen molar-refractivity contribution >= 4 is 5.97 Å². The zero-order valence-electron chi connectivity index (χ0n) is 9.44. The first kappa shape index (κ1) is 11.9. The molecule has 0 amide bonds. The number of methoxy groups -OCH3 is 1. The lowest BCUT2D eigenvalue weighted by molar-refractivity contribution is -0.139. The van der Waals surface area contributed by atoms with E-state index in [0.29, 0.717) is 12.8 Å². The summed E-state index contributed by atoms with van der Waals surface area (Å²) in [7, 11) is 1.41. The molecule has 0 radical (unpaired) electrons. The highest BCUT2D eigenvalue weighted by Gasteiger charge is 2.29. The molecule has 0 aliphatic carbocycles. The topological polar surface area (TPSA) is 58.6 Å². The van der Waals surface area contributed by atoms with E-state index in [4.69, 9.17) is 9.84 Å². The number of hydrogen-bond donors (Lipinski definition) is 2. The number of ether oxygens (including phenoxy) is 1. The van der Waals surface area contributed by atoms with Crippen molar-refractivity contribution in [3.05, 3.63) is 29.6 Å². The summed E-state index contributed by atoms with van der Waals surface area (Å²) in [5.41, 5.74) is 0.757. The molecule has 0 saturated carbocycles. The van der Waals surface area contributed by atoms with Crippen molar-refractivity contribution in [3.8, 4) is 5.75 Å². The number of carbonyl (C=O) groups is 1. The Bertz CT molecular complexity index is 436. The fourth-order valence-corrected chi connectivity index (χ4v) is 2.10. The Morgan fingerprint density at radius 1 is 1.53 bits per heavy atom. The van der Waals surface area contributed by atoms with Crippen LogP contribution in [-0.2, 0) is 4.79 Å². The molecule has 1 aromatic rings. The third kappa shape index (κ3) is 2.39. The Morgan fingerprint density at radius 2 is 2.29 bits per heavy atom. The molecule has 17 heavy (non-hydrogen) atoms. The Morgan fingerprint density at radius 3 is 2.82 bits per heavy atom. The SMILES string of the molecule is COc1ccc(C2CCC(C(=O)O)N2)cc1F. The maximum atomic E-state index is 13.5. The Labute approximate surface area is 98.4 Å². The summed E-state index contributed by atoms with van der Waals surface area (Å²) in [6, 6.07) is 4.06. The van der Waals surface area contributed by atoms with Crippen molar-refractivity contribution in [3.63, 3.8) is 0 Å². The van der Waals surface area contributed by atoms with E-state index in [2.05, 4.69) is 5.32 Å². The molecule has 2 unspecified atom stereocenters. The summed E-state index contributed by atoms with van der Waals surface area (Å²) in [4.78, 5) is 10.8. The molecule has 5 heteroatoms. The second-order valence-electron chi connectivity index (χ2n) is 4.08. The number of carboxylic acids is 1. The zero-order chi connectivity index (χ0) is 12.4. The standard InChI is InChI=1S/C12H14FNO3/c1-17-11-5-2-7(6-8(11)13)9-3-4-10(14-9)12(15)16/h2,5-6,9-10,14H,3-4H2,1H3,(H,15,16). The van der Waals surface area contributed by atoms with Crippen molar-refractivity contribution in [1.82, 2.24) is 5.32 Å². The second-order valence-corrected chi connectivity index (χ2v) is 4.08. The van der Waals surface area contributed by atoms with Gasteiger partial charge in [0.05, 0.1) is 7.11 Å². The molecular formula is C12H14FNO3. The van der Waals surface area contributed by atoms with Gasteiger partial charge in [0.2, 0.25) is 0 Å². The second kappa shape index (κ2) is 4.71. The molecule has 2 atom stereocenters. The van der Waals surface area contributed by atoms with Gasteiger partial charge in [-0.15, -0.1) is 0 Å². The van der Waals surface area contributed by atoms with Gasteiger partial charge in [-0.1, -0.05) is 6.07 Å². The van der Waals surface area contributed by atoms with E-state index in [0.717, 1.165) is 5.56 Å². The Hall–Kier alpha value is -1.62. The summed E-state index contributed by atoms with van der Waals surface area (Å²) in [5, 5.41) is 11.8. The summed E-state index contributed by atoms with van der Waals surface area (Å²) >= 11 is 0.